The minimum absolute atomic E-state index is 0.0351. The van der Waals surface area contributed by atoms with Gasteiger partial charge in [-0.1, -0.05) is 25.7 Å². The first-order chi connectivity index (χ1) is 11.0. The number of carbonyl (C=O) groups excluding carboxylic acids is 1. The fourth-order valence-corrected chi connectivity index (χ4v) is 4.52. The summed E-state index contributed by atoms with van der Waals surface area (Å²) in [4.78, 5) is 18.8. The van der Waals surface area contributed by atoms with Crippen molar-refractivity contribution in [3.63, 3.8) is 0 Å². The van der Waals surface area contributed by atoms with E-state index in [1.54, 1.807) is 0 Å². The third kappa shape index (κ3) is 3.07. The number of amides is 1. The largest absolute Gasteiger partial charge is 0.397 e. The lowest BCUT2D eigenvalue weighted by Gasteiger charge is -2.15. The van der Waals surface area contributed by atoms with Crippen molar-refractivity contribution in [2.24, 2.45) is 0 Å². The number of hydrogen-bond acceptors (Lipinski definition) is 4. The highest BCUT2D eigenvalue weighted by atomic mass is 32.1. The number of nitrogens with one attached hydrogen (secondary N) is 1. The number of pyridine rings is 1. The van der Waals surface area contributed by atoms with Crippen molar-refractivity contribution in [3.8, 4) is 0 Å². The Bertz CT molecular complexity index is 743. The normalized spacial score (nSPS) is 16.5. The fraction of sp³-hybridized carbons (Fsp3) is 0.556. The van der Waals surface area contributed by atoms with E-state index in [9.17, 15) is 4.79 Å². The van der Waals surface area contributed by atoms with E-state index in [1.807, 2.05) is 6.92 Å². The predicted molar refractivity (Wildman–Crippen MR) is 97.2 cm³/mol. The van der Waals surface area contributed by atoms with Crippen LogP contribution in [0.3, 0.4) is 0 Å². The first kappa shape index (κ1) is 16.2. The standard InChI is InChI=1S/C18H25N3OS/c1-10-11(2)14-15(19)16(23-18(14)20-12(10)3)17(22)21-13-8-6-4-5-7-9-13/h13H,4-9,19H2,1-3H3,(H,21,22). The van der Waals surface area contributed by atoms with E-state index in [-0.39, 0.29) is 11.9 Å². The number of aromatic nitrogens is 1. The number of nitrogens with two attached hydrogens (primary N) is 1. The lowest BCUT2D eigenvalue weighted by molar-refractivity contribution is 0.0938. The zero-order valence-corrected chi connectivity index (χ0v) is 15.0. The average Bonchev–Trinajstić information content (AvgIpc) is 2.69. The highest BCUT2D eigenvalue weighted by Gasteiger charge is 2.22. The van der Waals surface area contributed by atoms with E-state index in [1.165, 1.54) is 37.0 Å². The topological polar surface area (TPSA) is 68.0 Å². The molecule has 0 bridgehead atoms. The van der Waals surface area contributed by atoms with E-state index < -0.39 is 0 Å². The Morgan fingerprint density at radius 1 is 1.13 bits per heavy atom. The summed E-state index contributed by atoms with van der Waals surface area (Å²) in [7, 11) is 0. The zero-order valence-electron chi connectivity index (χ0n) is 14.2. The molecule has 2 aromatic rings. The molecule has 124 valence electrons. The molecule has 1 amide bonds. The van der Waals surface area contributed by atoms with Crippen molar-refractivity contribution in [2.45, 2.75) is 65.3 Å². The van der Waals surface area contributed by atoms with E-state index in [2.05, 4.69) is 24.1 Å². The van der Waals surface area contributed by atoms with E-state index in [4.69, 9.17) is 5.73 Å². The third-order valence-electron chi connectivity index (χ3n) is 5.07. The van der Waals surface area contributed by atoms with Gasteiger partial charge in [0.2, 0.25) is 0 Å². The number of thiophene rings is 1. The van der Waals surface area contributed by atoms with Crippen LogP contribution in [0, 0.1) is 20.8 Å². The van der Waals surface area contributed by atoms with Gasteiger partial charge in [0, 0.05) is 17.1 Å². The van der Waals surface area contributed by atoms with Gasteiger partial charge < -0.3 is 11.1 Å². The number of hydrogen-bond donors (Lipinski definition) is 2. The van der Waals surface area contributed by atoms with Gasteiger partial charge in [-0.2, -0.15) is 0 Å². The second-order valence-electron chi connectivity index (χ2n) is 6.63. The summed E-state index contributed by atoms with van der Waals surface area (Å²) >= 11 is 1.41. The summed E-state index contributed by atoms with van der Waals surface area (Å²) in [6.07, 6.45) is 7.11. The average molecular weight is 331 g/mol. The monoisotopic (exact) mass is 331 g/mol. The van der Waals surface area contributed by atoms with Crippen LogP contribution in [0.1, 0.15) is 65.0 Å². The molecular weight excluding hydrogens is 306 g/mol. The molecule has 23 heavy (non-hydrogen) atoms. The van der Waals surface area contributed by atoms with Crippen LogP contribution in [0.15, 0.2) is 0 Å². The molecule has 2 heterocycles. The lowest BCUT2D eigenvalue weighted by atomic mass is 10.1. The molecule has 0 saturated heterocycles. The van der Waals surface area contributed by atoms with Crippen molar-refractivity contribution >= 4 is 33.1 Å². The Morgan fingerprint density at radius 2 is 1.78 bits per heavy atom. The molecule has 0 radical (unpaired) electrons. The molecule has 1 aliphatic rings. The van der Waals surface area contributed by atoms with E-state index in [0.29, 0.717) is 10.6 Å². The van der Waals surface area contributed by atoms with Gasteiger partial charge in [0.05, 0.1) is 5.69 Å². The number of carbonyl (C=O) groups is 1. The summed E-state index contributed by atoms with van der Waals surface area (Å²) in [6.45, 7) is 6.12. The van der Waals surface area contributed by atoms with Gasteiger partial charge in [-0.25, -0.2) is 4.98 Å². The van der Waals surface area contributed by atoms with Crippen LogP contribution in [0.2, 0.25) is 0 Å². The van der Waals surface area contributed by atoms with Gasteiger partial charge in [0.15, 0.2) is 0 Å². The quantitative estimate of drug-likeness (QED) is 0.808. The molecule has 0 aliphatic heterocycles. The number of aryl methyl sites for hydroxylation is 2. The lowest BCUT2D eigenvalue weighted by Crippen LogP contribution is -2.34. The number of rotatable bonds is 2. The molecule has 4 nitrogen and oxygen atoms in total. The summed E-state index contributed by atoms with van der Waals surface area (Å²) in [5, 5.41) is 4.14. The summed E-state index contributed by atoms with van der Waals surface area (Å²) in [5.41, 5.74) is 10.2. The maximum Gasteiger partial charge on any atom is 0.263 e. The van der Waals surface area contributed by atoms with Gasteiger partial charge in [-0.15, -0.1) is 11.3 Å². The Labute approximate surface area is 141 Å². The van der Waals surface area contributed by atoms with Gasteiger partial charge in [0.1, 0.15) is 9.71 Å². The minimum atomic E-state index is -0.0351. The van der Waals surface area contributed by atoms with Crippen molar-refractivity contribution < 1.29 is 4.79 Å². The summed E-state index contributed by atoms with van der Waals surface area (Å²) in [6, 6.07) is 0.284. The molecule has 0 spiro atoms. The smallest absolute Gasteiger partial charge is 0.263 e. The summed E-state index contributed by atoms with van der Waals surface area (Å²) < 4.78 is 0. The minimum Gasteiger partial charge on any atom is -0.397 e. The van der Waals surface area contributed by atoms with Crippen LogP contribution in [-0.2, 0) is 0 Å². The van der Waals surface area contributed by atoms with Gasteiger partial charge in [-0.05, 0) is 44.7 Å². The first-order valence-corrected chi connectivity index (χ1v) is 9.27. The molecule has 1 fully saturated rings. The highest BCUT2D eigenvalue weighted by Crippen LogP contribution is 2.36. The maximum absolute atomic E-state index is 12.7. The number of nitrogens with zero attached hydrogens (tertiary/aromatic N) is 1. The van der Waals surface area contributed by atoms with Crippen LogP contribution >= 0.6 is 11.3 Å². The fourth-order valence-electron chi connectivity index (χ4n) is 3.41. The second kappa shape index (κ2) is 6.48. The molecule has 0 atom stereocenters. The Kier molecular flexibility index (Phi) is 4.57. The van der Waals surface area contributed by atoms with Crippen LogP contribution < -0.4 is 11.1 Å². The second-order valence-corrected chi connectivity index (χ2v) is 7.63. The maximum atomic E-state index is 12.7. The highest BCUT2D eigenvalue weighted by molar-refractivity contribution is 7.21. The molecule has 2 aromatic heterocycles. The molecule has 1 saturated carbocycles. The van der Waals surface area contributed by atoms with E-state index in [0.717, 1.165) is 39.9 Å². The predicted octanol–water partition coefficient (Wildman–Crippen LogP) is 4.26. The SMILES string of the molecule is Cc1nc2sc(C(=O)NC3CCCCCC3)c(N)c2c(C)c1C. The molecule has 3 N–H and O–H groups in total. The van der Waals surface area contributed by atoms with Crippen LogP contribution in [-0.4, -0.2) is 16.9 Å². The molecular formula is C18H25N3OS. The number of fused-ring (bicyclic) bond motifs is 1. The van der Waals surface area contributed by atoms with Crippen LogP contribution in [0.25, 0.3) is 10.2 Å². The molecule has 3 rings (SSSR count). The van der Waals surface area contributed by atoms with Crippen molar-refractivity contribution in [1.82, 2.24) is 10.3 Å². The van der Waals surface area contributed by atoms with Crippen LogP contribution in [0.4, 0.5) is 5.69 Å². The van der Waals surface area contributed by atoms with Gasteiger partial charge in [-0.3, -0.25) is 4.79 Å². The molecule has 1 aliphatic carbocycles. The number of anilines is 1. The van der Waals surface area contributed by atoms with Crippen molar-refractivity contribution in [1.29, 1.82) is 0 Å². The Morgan fingerprint density at radius 3 is 2.43 bits per heavy atom. The van der Waals surface area contributed by atoms with E-state index >= 15 is 0 Å². The number of nitrogen functional groups attached to an aromatic ring is 1. The first-order valence-electron chi connectivity index (χ1n) is 8.45. The molecule has 5 heteroatoms. The van der Waals surface area contributed by atoms with Crippen molar-refractivity contribution in [3.05, 3.63) is 21.7 Å². The molecule has 0 aromatic carbocycles. The molecule has 0 unspecified atom stereocenters. The van der Waals surface area contributed by atoms with Gasteiger partial charge >= 0.3 is 0 Å². The Hall–Kier alpha value is -1.62. The third-order valence-corrected chi connectivity index (χ3v) is 6.17. The zero-order chi connectivity index (χ0) is 16.6. The van der Waals surface area contributed by atoms with Crippen molar-refractivity contribution in [2.75, 3.05) is 5.73 Å². The summed E-state index contributed by atoms with van der Waals surface area (Å²) in [5.74, 6) is -0.0351. The van der Waals surface area contributed by atoms with Gasteiger partial charge in [0.25, 0.3) is 5.91 Å². The van der Waals surface area contributed by atoms with Crippen LogP contribution in [0.5, 0.6) is 0 Å². The Balaban J connectivity index is 1.91.